The quantitative estimate of drug-likeness (QED) is 0.415. The standard InChI is InChI=1S/C32H41N3O6/c1-37-28-22-25-23-29(30(28)38-2)39-20-5-9-26(41-31-27-10-4-3-8-24(27)11-13-33-31)12-17-35-15-6-14-34(18-19-35)16-7-21-40-32(25)36/h3-4,8,10-11,13,22-23,26H,5-7,9,12,14-21H2,1-2H3. The van der Waals surface area contributed by atoms with Gasteiger partial charge in [0.1, 0.15) is 6.10 Å². The highest BCUT2D eigenvalue weighted by Crippen LogP contribution is 2.39. The Morgan fingerprint density at radius 3 is 2.44 bits per heavy atom. The minimum atomic E-state index is -0.396. The maximum atomic E-state index is 12.9. The van der Waals surface area contributed by atoms with Gasteiger partial charge in [-0.05, 0) is 74.8 Å². The molecule has 3 atom stereocenters. The van der Waals surface area contributed by atoms with Gasteiger partial charge in [0.05, 0.1) is 33.0 Å². The Bertz CT molecular complexity index is 1300. The fourth-order valence-electron chi connectivity index (χ4n) is 5.59. The fraction of sp³-hybridized carbons (Fsp3) is 0.500. The summed E-state index contributed by atoms with van der Waals surface area (Å²) >= 11 is 0. The molecule has 41 heavy (non-hydrogen) atoms. The normalized spacial score (nSPS) is 22.8. The number of nitrogens with zero attached hydrogens (tertiary/aromatic N) is 3. The maximum absolute atomic E-state index is 12.9. The molecule has 2 aromatic carbocycles. The predicted octanol–water partition coefficient (Wildman–Crippen LogP) is 4.82. The predicted molar refractivity (Wildman–Crippen MR) is 157 cm³/mol. The molecular formula is C32H41N3O6. The van der Waals surface area contributed by atoms with Crippen LogP contribution >= 0.6 is 0 Å². The molecule has 3 aromatic rings. The third-order valence-corrected chi connectivity index (χ3v) is 7.82. The van der Waals surface area contributed by atoms with E-state index in [-0.39, 0.29) is 6.10 Å². The second-order valence-electron chi connectivity index (χ2n) is 10.6. The lowest BCUT2D eigenvalue weighted by molar-refractivity contribution is 0.0487. The number of carbonyl (C=O) groups excluding carboxylic acids is 1. The number of fused-ring (bicyclic) bond motifs is 6. The Balaban J connectivity index is 1.36. The molecule has 1 fully saturated rings. The van der Waals surface area contributed by atoms with Crippen molar-refractivity contribution in [3.05, 3.63) is 54.2 Å². The van der Waals surface area contributed by atoms with Gasteiger partial charge in [-0.2, -0.15) is 0 Å². The van der Waals surface area contributed by atoms with Crippen molar-refractivity contribution >= 4 is 16.7 Å². The minimum absolute atomic E-state index is 0.0175. The van der Waals surface area contributed by atoms with E-state index >= 15 is 0 Å². The minimum Gasteiger partial charge on any atom is -0.493 e. The molecule has 220 valence electrons. The molecule has 9 heteroatoms. The van der Waals surface area contributed by atoms with Gasteiger partial charge in [-0.3, -0.25) is 0 Å². The summed E-state index contributed by atoms with van der Waals surface area (Å²) in [6, 6.07) is 13.5. The first kappa shape index (κ1) is 29.0. The number of esters is 1. The van der Waals surface area contributed by atoms with Crippen molar-refractivity contribution in [3.63, 3.8) is 0 Å². The van der Waals surface area contributed by atoms with Gasteiger partial charge in [0.15, 0.2) is 11.5 Å². The highest BCUT2D eigenvalue weighted by atomic mass is 16.5. The number of aromatic nitrogens is 1. The molecule has 1 aromatic heterocycles. The summed E-state index contributed by atoms with van der Waals surface area (Å²) in [5.74, 6) is 1.62. The third kappa shape index (κ3) is 7.59. The zero-order valence-electron chi connectivity index (χ0n) is 24.2. The molecule has 2 aliphatic heterocycles. The van der Waals surface area contributed by atoms with Crippen LogP contribution in [0.5, 0.6) is 23.1 Å². The lowest BCUT2D eigenvalue weighted by atomic mass is 10.1. The summed E-state index contributed by atoms with van der Waals surface area (Å²) in [6.07, 6.45) is 6.16. The number of pyridine rings is 1. The number of hydrogen-bond donors (Lipinski definition) is 0. The van der Waals surface area contributed by atoms with Crippen LogP contribution in [0.15, 0.2) is 48.7 Å². The van der Waals surface area contributed by atoms with E-state index in [0.717, 1.165) is 82.1 Å². The molecule has 1 saturated heterocycles. The molecule has 3 heterocycles. The van der Waals surface area contributed by atoms with Crippen LogP contribution in [0.1, 0.15) is 42.5 Å². The van der Waals surface area contributed by atoms with Crippen molar-refractivity contribution < 1.29 is 28.5 Å². The molecule has 4 bridgehead atoms. The van der Waals surface area contributed by atoms with Gasteiger partial charge in [-0.1, -0.05) is 18.2 Å². The van der Waals surface area contributed by atoms with Crippen molar-refractivity contribution in [2.75, 3.05) is 66.7 Å². The first-order chi connectivity index (χ1) is 20.1. The first-order valence-corrected chi connectivity index (χ1v) is 14.7. The van der Waals surface area contributed by atoms with Gasteiger partial charge in [0.2, 0.25) is 11.6 Å². The van der Waals surface area contributed by atoms with Gasteiger partial charge in [-0.25, -0.2) is 9.78 Å². The molecule has 0 amide bonds. The van der Waals surface area contributed by atoms with Crippen LogP contribution in [0.3, 0.4) is 0 Å². The van der Waals surface area contributed by atoms with E-state index in [0.29, 0.717) is 41.9 Å². The van der Waals surface area contributed by atoms with Gasteiger partial charge >= 0.3 is 5.97 Å². The van der Waals surface area contributed by atoms with Crippen molar-refractivity contribution in [2.24, 2.45) is 0 Å². The van der Waals surface area contributed by atoms with E-state index in [1.54, 1.807) is 26.4 Å². The van der Waals surface area contributed by atoms with Crippen LogP contribution in [-0.2, 0) is 4.74 Å². The van der Waals surface area contributed by atoms with Gasteiger partial charge < -0.3 is 33.5 Å². The second-order valence-corrected chi connectivity index (χ2v) is 10.6. The Morgan fingerprint density at radius 2 is 1.61 bits per heavy atom. The smallest absolute Gasteiger partial charge is 0.338 e. The molecule has 2 aliphatic rings. The van der Waals surface area contributed by atoms with Crippen LogP contribution < -0.4 is 18.9 Å². The Kier molecular flexibility index (Phi) is 10.1. The number of hydrogen-bond acceptors (Lipinski definition) is 9. The summed E-state index contributed by atoms with van der Waals surface area (Å²) in [7, 11) is 3.11. The lowest BCUT2D eigenvalue weighted by Crippen LogP contribution is -2.34. The monoisotopic (exact) mass is 563 g/mol. The van der Waals surface area contributed by atoms with E-state index in [9.17, 15) is 4.79 Å². The molecule has 3 unspecified atom stereocenters. The zero-order valence-corrected chi connectivity index (χ0v) is 24.2. The largest absolute Gasteiger partial charge is 0.493 e. The fourth-order valence-corrected chi connectivity index (χ4v) is 5.59. The van der Waals surface area contributed by atoms with E-state index in [4.69, 9.17) is 23.7 Å². The van der Waals surface area contributed by atoms with Crippen LogP contribution in [-0.4, -0.2) is 93.6 Å². The van der Waals surface area contributed by atoms with Crippen molar-refractivity contribution in [1.82, 2.24) is 14.8 Å². The number of cyclic esters (lactones) is 1. The number of methoxy groups -OCH3 is 2. The van der Waals surface area contributed by atoms with Crippen LogP contribution in [0.2, 0.25) is 0 Å². The molecule has 0 aliphatic carbocycles. The van der Waals surface area contributed by atoms with E-state index in [1.807, 2.05) is 24.4 Å². The molecule has 0 radical (unpaired) electrons. The highest BCUT2D eigenvalue weighted by Gasteiger charge is 2.21. The van der Waals surface area contributed by atoms with Crippen LogP contribution in [0, 0.1) is 0 Å². The Hall–Kier alpha value is -3.56. The zero-order chi connectivity index (χ0) is 28.4. The average molecular weight is 564 g/mol. The average Bonchev–Trinajstić information content (AvgIpc) is 3.24. The van der Waals surface area contributed by atoms with Gasteiger partial charge in [0.25, 0.3) is 0 Å². The molecule has 0 N–H and O–H groups in total. The summed E-state index contributed by atoms with van der Waals surface area (Å²) in [4.78, 5) is 22.5. The first-order valence-electron chi connectivity index (χ1n) is 14.7. The van der Waals surface area contributed by atoms with E-state index in [2.05, 4.69) is 26.9 Å². The van der Waals surface area contributed by atoms with Crippen LogP contribution in [0.4, 0.5) is 0 Å². The topological polar surface area (TPSA) is 82.6 Å². The van der Waals surface area contributed by atoms with E-state index < -0.39 is 5.97 Å². The Labute approximate surface area is 242 Å². The molecular weight excluding hydrogens is 522 g/mol. The van der Waals surface area contributed by atoms with Crippen molar-refractivity contribution in [2.45, 2.75) is 38.2 Å². The Morgan fingerprint density at radius 1 is 0.829 bits per heavy atom. The third-order valence-electron chi connectivity index (χ3n) is 7.82. The highest BCUT2D eigenvalue weighted by molar-refractivity contribution is 5.91. The SMILES string of the molecule is COc1cc2cc(c1OC)OCCCC(Oc1nccc3ccccc13)CCN1CCCN(CCCOC2=O)CC1. The summed E-state index contributed by atoms with van der Waals surface area (Å²) in [5.41, 5.74) is 0.379. The molecule has 0 saturated carbocycles. The van der Waals surface area contributed by atoms with Gasteiger partial charge in [0, 0.05) is 37.8 Å². The number of benzene rings is 2. The van der Waals surface area contributed by atoms with Crippen molar-refractivity contribution in [3.8, 4) is 23.1 Å². The van der Waals surface area contributed by atoms with Gasteiger partial charge in [-0.15, -0.1) is 0 Å². The number of ether oxygens (including phenoxy) is 5. The lowest BCUT2D eigenvalue weighted by Gasteiger charge is -2.25. The van der Waals surface area contributed by atoms with E-state index in [1.165, 1.54) is 0 Å². The molecule has 9 nitrogen and oxygen atoms in total. The number of carbonyl (C=O) groups is 1. The summed E-state index contributed by atoms with van der Waals surface area (Å²) in [5, 5.41) is 2.14. The summed E-state index contributed by atoms with van der Waals surface area (Å²) in [6.45, 7) is 6.83. The summed E-state index contributed by atoms with van der Waals surface area (Å²) < 4.78 is 29.4. The maximum Gasteiger partial charge on any atom is 0.338 e. The molecule has 0 spiro atoms. The second kappa shape index (κ2) is 14.4. The van der Waals surface area contributed by atoms with Crippen LogP contribution in [0.25, 0.3) is 10.8 Å². The molecule has 5 rings (SSSR count). The number of rotatable bonds is 4. The van der Waals surface area contributed by atoms with Crippen molar-refractivity contribution in [1.29, 1.82) is 0 Å².